The van der Waals surface area contributed by atoms with Gasteiger partial charge in [0.2, 0.25) is 0 Å². The highest BCUT2D eigenvalue weighted by Crippen LogP contribution is 2.13. The summed E-state index contributed by atoms with van der Waals surface area (Å²) < 4.78 is 18.1. The highest BCUT2D eigenvalue weighted by atomic mass is 19.1. The predicted molar refractivity (Wildman–Crippen MR) is 79.7 cm³/mol. The highest BCUT2D eigenvalue weighted by molar-refractivity contribution is 5.91. The van der Waals surface area contributed by atoms with Gasteiger partial charge in [-0.3, -0.25) is 4.79 Å². The Labute approximate surface area is 122 Å². The van der Waals surface area contributed by atoms with E-state index in [2.05, 4.69) is 5.32 Å². The van der Waals surface area contributed by atoms with Gasteiger partial charge in [0.1, 0.15) is 11.6 Å². The van der Waals surface area contributed by atoms with E-state index >= 15 is 0 Å². The molecule has 0 aliphatic carbocycles. The first-order valence-corrected chi connectivity index (χ1v) is 6.64. The van der Waals surface area contributed by atoms with Gasteiger partial charge >= 0.3 is 0 Å². The fourth-order valence-electron chi connectivity index (χ4n) is 1.80. The molecule has 0 atom stereocenters. The molecule has 4 nitrogen and oxygen atoms in total. The van der Waals surface area contributed by atoms with E-state index < -0.39 is 0 Å². The van der Waals surface area contributed by atoms with Gasteiger partial charge in [-0.15, -0.1) is 0 Å². The summed E-state index contributed by atoms with van der Waals surface area (Å²) in [6, 6.07) is 13.0. The topological polar surface area (TPSA) is 64.3 Å². The van der Waals surface area contributed by atoms with Crippen molar-refractivity contribution in [1.29, 1.82) is 0 Å². The van der Waals surface area contributed by atoms with Crippen molar-refractivity contribution in [1.82, 2.24) is 0 Å². The lowest BCUT2D eigenvalue weighted by atomic mass is 10.1. The first-order valence-electron chi connectivity index (χ1n) is 6.64. The van der Waals surface area contributed by atoms with Gasteiger partial charge in [0.05, 0.1) is 0 Å². The van der Waals surface area contributed by atoms with Crippen molar-refractivity contribution < 1.29 is 13.9 Å². The lowest BCUT2D eigenvalue weighted by molar-refractivity contribution is -0.118. The molecule has 0 bridgehead atoms. The molecule has 5 heteroatoms. The van der Waals surface area contributed by atoms with Crippen LogP contribution in [0.5, 0.6) is 5.75 Å². The van der Waals surface area contributed by atoms with Crippen LogP contribution in [0.2, 0.25) is 0 Å². The normalized spacial score (nSPS) is 10.2. The van der Waals surface area contributed by atoms with Crippen LogP contribution in [0.25, 0.3) is 0 Å². The van der Waals surface area contributed by atoms with Crippen LogP contribution in [-0.4, -0.2) is 19.1 Å². The van der Waals surface area contributed by atoms with Gasteiger partial charge in [0.15, 0.2) is 6.61 Å². The van der Waals surface area contributed by atoms with Crippen LogP contribution < -0.4 is 15.8 Å². The summed E-state index contributed by atoms with van der Waals surface area (Å²) in [7, 11) is 0. The Hall–Kier alpha value is -2.40. The summed E-state index contributed by atoms with van der Waals surface area (Å²) in [5, 5.41) is 2.62. The number of halogens is 1. The largest absolute Gasteiger partial charge is 0.484 e. The van der Waals surface area contributed by atoms with E-state index in [1.807, 2.05) is 12.1 Å². The summed E-state index contributed by atoms with van der Waals surface area (Å²) in [6.45, 7) is 0.494. The summed E-state index contributed by atoms with van der Waals surface area (Å²) >= 11 is 0. The minimum atomic E-state index is -0.346. The molecule has 21 heavy (non-hydrogen) atoms. The molecule has 0 saturated carbocycles. The smallest absolute Gasteiger partial charge is 0.262 e. The molecule has 2 aromatic rings. The van der Waals surface area contributed by atoms with E-state index in [1.165, 1.54) is 24.3 Å². The number of nitrogens with one attached hydrogen (secondary N) is 1. The third-order valence-corrected chi connectivity index (χ3v) is 2.85. The minimum absolute atomic E-state index is 0.104. The quantitative estimate of drug-likeness (QED) is 0.857. The number of carbonyl (C=O) groups excluding carboxylic acids is 1. The van der Waals surface area contributed by atoms with Crippen LogP contribution in [0.3, 0.4) is 0 Å². The molecule has 0 spiro atoms. The monoisotopic (exact) mass is 288 g/mol. The molecule has 0 aromatic heterocycles. The number of nitrogens with two attached hydrogens (primary N) is 1. The molecule has 3 N–H and O–H groups in total. The second kappa shape index (κ2) is 7.40. The number of ether oxygens (including phenoxy) is 1. The van der Waals surface area contributed by atoms with Gasteiger partial charge in [0, 0.05) is 5.69 Å². The molecule has 0 saturated heterocycles. The van der Waals surface area contributed by atoms with Crippen LogP contribution in [0, 0.1) is 5.82 Å². The van der Waals surface area contributed by atoms with Crippen molar-refractivity contribution in [2.24, 2.45) is 5.73 Å². The second-order valence-corrected chi connectivity index (χ2v) is 4.53. The number of carbonyl (C=O) groups is 1. The summed E-state index contributed by atoms with van der Waals surface area (Å²) in [5.74, 6) is -0.0283. The molecule has 0 aliphatic heterocycles. The van der Waals surface area contributed by atoms with Gasteiger partial charge < -0.3 is 15.8 Å². The molecule has 0 radical (unpaired) electrons. The number of rotatable bonds is 6. The third kappa shape index (κ3) is 4.89. The van der Waals surface area contributed by atoms with Crippen LogP contribution >= 0.6 is 0 Å². The van der Waals surface area contributed by atoms with Crippen LogP contribution in [0.1, 0.15) is 5.56 Å². The first kappa shape index (κ1) is 15.0. The lowest BCUT2D eigenvalue weighted by Crippen LogP contribution is -2.20. The van der Waals surface area contributed by atoms with Crippen molar-refractivity contribution in [3.8, 4) is 5.75 Å². The maximum Gasteiger partial charge on any atom is 0.262 e. The van der Waals surface area contributed by atoms with E-state index in [0.717, 1.165) is 12.0 Å². The number of amides is 1. The number of hydrogen-bond donors (Lipinski definition) is 2. The van der Waals surface area contributed by atoms with Crippen LogP contribution in [0.15, 0.2) is 48.5 Å². The fourth-order valence-corrected chi connectivity index (χ4v) is 1.80. The second-order valence-electron chi connectivity index (χ2n) is 4.53. The Morgan fingerprint density at radius 2 is 1.76 bits per heavy atom. The standard InChI is InChI=1S/C16H17FN2O2/c17-13-3-5-14(6-4-13)19-16(20)11-21-15-7-1-12(2-8-15)9-10-18/h1-8H,9-11,18H2,(H,19,20). The van der Waals surface area contributed by atoms with Gasteiger partial charge in [-0.25, -0.2) is 4.39 Å². The summed E-state index contributed by atoms with van der Waals surface area (Å²) in [5.41, 5.74) is 7.13. The number of anilines is 1. The zero-order valence-electron chi connectivity index (χ0n) is 11.5. The van der Waals surface area contributed by atoms with Gasteiger partial charge in [0.25, 0.3) is 5.91 Å². The van der Waals surface area contributed by atoms with Crippen molar-refractivity contribution in [2.75, 3.05) is 18.5 Å². The van der Waals surface area contributed by atoms with E-state index in [1.54, 1.807) is 12.1 Å². The summed E-state index contributed by atoms with van der Waals surface area (Å²) in [4.78, 5) is 11.7. The Balaban J connectivity index is 1.81. The van der Waals surface area contributed by atoms with Crippen LogP contribution in [0.4, 0.5) is 10.1 Å². The fraction of sp³-hybridized carbons (Fsp3) is 0.188. The molecule has 0 aliphatic rings. The Morgan fingerprint density at radius 3 is 2.38 bits per heavy atom. The van der Waals surface area contributed by atoms with Crippen molar-refractivity contribution >= 4 is 11.6 Å². The molecular weight excluding hydrogens is 271 g/mol. The molecule has 2 aromatic carbocycles. The zero-order chi connectivity index (χ0) is 15.1. The number of benzene rings is 2. The molecule has 0 fully saturated rings. The summed E-state index contributed by atoms with van der Waals surface area (Å²) in [6.07, 6.45) is 0.811. The van der Waals surface area contributed by atoms with Crippen molar-refractivity contribution in [3.05, 3.63) is 59.9 Å². The number of hydrogen-bond acceptors (Lipinski definition) is 3. The maximum absolute atomic E-state index is 12.7. The molecule has 0 heterocycles. The molecule has 0 unspecified atom stereocenters. The van der Waals surface area contributed by atoms with E-state index in [9.17, 15) is 9.18 Å². The highest BCUT2D eigenvalue weighted by Gasteiger charge is 2.04. The van der Waals surface area contributed by atoms with Crippen molar-refractivity contribution in [3.63, 3.8) is 0 Å². The molecule has 110 valence electrons. The Morgan fingerprint density at radius 1 is 1.10 bits per heavy atom. The maximum atomic E-state index is 12.7. The SMILES string of the molecule is NCCc1ccc(OCC(=O)Nc2ccc(F)cc2)cc1. The minimum Gasteiger partial charge on any atom is -0.484 e. The Kier molecular flexibility index (Phi) is 5.29. The Bertz CT molecular complexity index is 582. The van der Waals surface area contributed by atoms with E-state index in [4.69, 9.17) is 10.5 Å². The van der Waals surface area contributed by atoms with Gasteiger partial charge in [-0.05, 0) is 54.9 Å². The average Bonchev–Trinajstić information content (AvgIpc) is 2.49. The van der Waals surface area contributed by atoms with Crippen molar-refractivity contribution in [2.45, 2.75) is 6.42 Å². The van der Waals surface area contributed by atoms with Gasteiger partial charge in [-0.2, -0.15) is 0 Å². The van der Waals surface area contributed by atoms with E-state index in [-0.39, 0.29) is 18.3 Å². The van der Waals surface area contributed by atoms with E-state index in [0.29, 0.717) is 18.0 Å². The first-order chi connectivity index (χ1) is 10.2. The van der Waals surface area contributed by atoms with Crippen LogP contribution in [-0.2, 0) is 11.2 Å². The zero-order valence-corrected chi connectivity index (χ0v) is 11.5. The predicted octanol–water partition coefficient (Wildman–Crippen LogP) is 2.34. The average molecular weight is 288 g/mol. The molecule has 2 rings (SSSR count). The third-order valence-electron chi connectivity index (χ3n) is 2.85. The molecular formula is C16H17FN2O2. The lowest BCUT2D eigenvalue weighted by Gasteiger charge is -2.08. The molecule has 1 amide bonds. The van der Waals surface area contributed by atoms with Gasteiger partial charge in [-0.1, -0.05) is 12.1 Å².